The molecule has 11 heavy (non-hydrogen) atoms. The maximum absolute atomic E-state index is 9.96. The summed E-state index contributed by atoms with van der Waals surface area (Å²) in [6, 6.07) is 0. The Kier molecular flexibility index (Phi) is 5.39. The molecule has 1 N–H and O–H groups in total. The first kappa shape index (κ1) is 10.8. The van der Waals surface area contributed by atoms with Gasteiger partial charge in [-0.1, -0.05) is 0 Å². The van der Waals surface area contributed by atoms with Crippen LogP contribution in [0.4, 0.5) is 0 Å². The Balaban J connectivity index is 3.16. The van der Waals surface area contributed by atoms with Crippen molar-refractivity contribution >= 4 is 10.4 Å². The summed E-state index contributed by atoms with van der Waals surface area (Å²) < 4.78 is 36.9. The standard InChI is InChI=1S/C5H12O5S/c1-2-9-4-3-5-10-11(6,7)8/h2-5H2,1H3,(H,6,7,8). The van der Waals surface area contributed by atoms with Crippen molar-refractivity contribution in [3.05, 3.63) is 0 Å². The van der Waals surface area contributed by atoms with E-state index in [-0.39, 0.29) is 6.61 Å². The predicted octanol–water partition coefficient (Wildman–Crippen LogP) is 0.232. The van der Waals surface area contributed by atoms with E-state index in [0.29, 0.717) is 19.6 Å². The lowest BCUT2D eigenvalue weighted by molar-refractivity contribution is 0.129. The summed E-state index contributed by atoms with van der Waals surface area (Å²) in [6.07, 6.45) is 0.452. The van der Waals surface area contributed by atoms with E-state index in [9.17, 15) is 8.42 Å². The molecule has 0 aliphatic carbocycles. The maximum atomic E-state index is 9.96. The first-order valence-corrected chi connectivity index (χ1v) is 4.62. The van der Waals surface area contributed by atoms with Gasteiger partial charge in [-0.2, -0.15) is 8.42 Å². The topological polar surface area (TPSA) is 72.8 Å². The van der Waals surface area contributed by atoms with E-state index in [2.05, 4.69) is 4.18 Å². The highest BCUT2D eigenvalue weighted by Gasteiger charge is 2.02. The van der Waals surface area contributed by atoms with E-state index in [0.717, 1.165) is 0 Å². The Morgan fingerprint density at radius 1 is 1.36 bits per heavy atom. The third-order valence-electron chi connectivity index (χ3n) is 0.869. The summed E-state index contributed by atoms with van der Waals surface area (Å²) in [4.78, 5) is 0. The highest BCUT2D eigenvalue weighted by atomic mass is 32.3. The highest BCUT2D eigenvalue weighted by Crippen LogP contribution is 1.89. The molecule has 0 rings (SSSR count). The molecule has 0 spiro atoms. The minimum atomic E-state index is -4.27. The van der Waals surface area contributed by atoms with Gasteiger partial charge < -0.3 is 4.74 Å². The van der Waals surface area contributed by atoms with Crippen LogP contribution in [0.3, 0.4) is 0 Å². The molecule has 6 heteroatoms. The monoisotopic (exact) mass is 184 g/mol. The van der Waals surface area contributed by atoms with Gasteiger partial charge in [0.05, 0.1) is 6.61 Å². The molecule has 0 bridgehead atoms. The number of hydrogen-bond acceptors (Lipinski definition) is 4. The molecule has 0 atom stereocenters. The van der Waals surface area contributed by atoms with Crippen LogP contribution in [-0.2, 0) is 19.3 Å². The van der Waals surface area contributed by atoms with Crippen molar-refractivity contribution in [2.45, 2.75) is 13.3 Å². The molecule has 0 aromatic rings. The van der Waals surface area contributed by atoms with Gasteiger partial charge in [-0.15, -0.1) is 0 Å². The van der Waals surface area contributed by atoms with Gasteiger partial charge in [0.25, 0.3) is 0 Å². The summed E-state index contributed by atoms with van der Waals surface area (Å²) in [5, 5.41) is 0. The first-order chi connectivity index (χ1) is 5.06. The Hall–Kier alpha value is -0.170. The first-order valence-electron chi connectivity index (χ1n) is 3.26. The van der Waals surface area contributed by atoms with Crippen molar-refractivity contribution in [2.75, 3.05) is 19.8 Å². The maximum Gasteiger partial charge on any atom is 0.397 e. The Morgan fingerprint density at radius 3 is 2.45 bits per heavy atom. The molecular weight excluding hydrogens is 172 g/mol. The minimum Gasteiger partial charge on any atom is -0.382 e. The zero-order chi connectivity index (χ0) is 8.74. The van der Waals surface area contributed by atoms with Crippen LogP contribution in [-0.4, -0.2) is 32.8 Å². The Morgan fingerprint density at radius 2 is 2.00 bits per heavy atom. The zero-order valence-corrected chi connectivity index (χ0v) is 7.13. The molecule has 0 saturated heterocycles. The fourth-order valence-electron chi connectivity index (χ4n) is 0.470. The van der Waals surface area contributed by atoms with Crippen LogP contribution in [0.2, 0.25) is 0 Å². The quantitative estimate of drug-likeness (QED) is 0.472. The lowest BCUT2D eigenvalue weighted by Gasteiger charge is -1.99. The molecule has 0 aromatic heterocycles. The van der Waals surface area contributed by atoms with Crippen molar-refractivity contribution in [1.82, 2.24) is 0 Å². The summed E-state index contributed by atoms with van der Waals surface area (Å²) in [5.41, 5.74) is 0. The van der Waals surface area contributed by atoms with Crippen molar-refractivity contribution in [1.29, 1.82) is 0 Å². The molecule has 0 saturated carbocycles. The van der Waals surface area contributed by atoms with Crippen molar-refractivity contribution in [3.63, 3.8) is 0 Å². The van der Waals surface area contributed by atoms with Crippen molar-refractivity contribution in [3.8, 4) is 0 Å². The second-order valence-electron chi connectivity index (χ2n) is 1.80. The third kappa shape index (κ3) is 9.83. The summed E-state index contributed by atoms with van der Waals surface area (Å²) in [6.45, 7) is 2.82. The summed E-state index contributed by atoms with van der Waals surface area (Å²) in [5.74, 6) is 0. The number of hydrogen-bond donors (Lipinski definition) is 1. The molecule has 0 amide bonds. The van der Waals surface area contributed by atoms with Crippen molar-refractivity contribution in [2.24, 2.45) is 0 Å². The van der Waals surface area contributed by atoms with Gasteiger partial charge in [-0.05, 0) is 13.3 Å². The van der Waals surface area contributed by atoms with E-state index in [4.69, 9.17) is 9.29 Å². The van der Waals surface area contributed by atoms with E-state index < -0.39 is 10.4 Å². The summed E-state index contributed by atoms with van der Waals surface area (Å²) in [7, 11) is -4.27. The van der Waals surface area contributed by atoms with E-state index >= 15 is 0 Å². The molecule has 0 aromatic carbocycles. The minimum absolute atomic E-state index is 0.0428. The van der Waals surface area contributed by atoms with E-state index in [1.54, 1.807) is 0 Å². The average Bonchev–Trinajstić information content (AvgIpc) is 1.85. The molecule has 0 aliphatic rings. The largest absolute Gasteiger partial charge is 0.397 e. The van der Waals surface area contributed by atoms with Crippen LogP contribution >= 0.6 is 0 Å². The van der Waals surface area contributed by atoms with Crippen LogP contribution in [0.5, 0.6) is 0 Å². The molecule has 0 heterocycles. The SMILES string of the molecule is CCOCCCOS(=O)(=O)O. The van der Waals surface area contributed by atoms with E-state index in [1.165, 1.54) is 0 Å². The smallest absolute Gasteiger partial charge is 0.382 e. The molecule has 0 unspecified atom stereocenters. The molecule has 0 radical (unpaired) electrons. The van der Waals surface area contributed by atoms with E-state index in [1.807, 2.05) is 6.92 Å². The Bertz CT molecular complexity index is 173. The van der Waals surface area contributed by atoms with Gasteiger partial charge >= 0.3 is 10.4 Å². The van der Waals surface area contributed by atoms with Crippen LogP contribution in [0.15, 0.2) is 0 Å². The number of ether oxygens (including phenoxy) is 1. The van der Waals surface area contributed by atoms with Gasteiger partial charge in [-0.25, -0.2) is 4.18 Å². The molecule has 0 aliphatic heterocycles. The second kappa shape index (κ2) is 5.48. The average molecular weight is 184 g/mol. The lowest BCUT2D eigenvalue weighted by Crippen LogP contribution is -2.07. The fraction of sp³-hybridized carbons (Fsp3) is 1.00. The normalized spacial score (nSPS) is 11.8. The fourth-order valence-corrected chi connectivity index (χ4v) is 0.798. The number of rotatable bonds is 6. The molecular formula is C5H12O5S. The molecule has 0 fully saturated rings. The predicted molar refractivity (Wildman–Crippen MR) is 38.6 cm³/mol. The van der Waals surface area contributed by atoms with Gasteiger partial charge in [0, 0.05) is 13.2 Å². The van der Waals surface area contributed by atoms with Crippen LogP contribution in [0.1, 0.15) is 13.3 Å². The zero-order valence-electron chi connectivity index (χ0n) is 6.32. The Labute approximate surface area is 66.3 Å². The molecule has 5 nitrogen and oxygen atoms in total. The van der Waals surface area contributed by atoms with Crippen LogP contribution in [0.25, 0.3) is 0 Å². The molecule has 68 valence electrons. The van der Waals surface area contributed by atoms with Gasteiger partial charge in [0.15, 0.2) is 0 Å². The third-order valence-corrected chi connectivity index (χ3v) is 1.33. The summed E-state index contributed by atoms with van der Waals surface area (Å²) >= 11 is 0. The van der Waals surface area contributed by atoms with Gasteiger partial charge in [-0.3, -0.25) is 4.55 Å². The lowest BCUT2D eigenvalue weighted by atomic mass is 10.5. The second-order valence-corrected chi connectivity index (χ2v) is 2.89. The highest BCUT2D eigenvalue weighted by molar-refractivity contribution is 7.80. The van der Waals surface area contributed by atoms with Gasteiger partial charge in [0.2, 0.25) is 0 Å². The van der Waals surface area contributed by atoms with Crippen molar-refractivity contribution < 1.29 is 21.9 Å². The van der Waals surface area contributed by atoms with Crippen LogP contribution < -0.4 is 0 Å². The van der Waals surface area contributed by atoms with Crippen LogP contribution in [0, 0.1) is 0 Å². The van der Waals surface area contributed by atoms with Gasteiger partial charge in [0.1, 0.15) is 0 Å².